The van der Waals surface area contributed by atoms with Gasteiger partial charge in [0, 0.05) is 6.07 Å². The van der Waals surface area contributed by atoms with Gasteiger partial charge in [-0.2, -0.15) is 0 Å². The Bertz CT molecular complexity index is 644. The molecule has 22 heavy (non-hydrogen) atoms. The van der Waals surface area contributed by atoms with E-state index in [4.69, 9.17) is 15.2 Å². The van der Waals surface area contributed by atoms with Crippen LogP contribution < -0.4 is 15.8 Å². The van der Waals surface area contributed by atoms with Crippen LogP contribution in [0.4, 0.5) is 20.6 Å². The molecular weight excluding hydrogens is 287 g/mol. The van der Waals surface area contributed by atoms with Crippen molar-refractivity contribution in [2.45, 2.75) is 13.5 Å². The summed E-state index contributed by atoms with van der Waals surface area (Å²) in [6.45, 7) is 2.30. The lowest BCUT2D eigenvalue weighted by molar-refractivity contribution is 0.168. The molecule has 1 amide bonds. The molecule has 2 rings (SSSR count). The van der Waals surface area contributed by atoms with Gasteiger partial charge in [0.15, 0.2) is 0 Å². The van der Waals surface area contributed by atoms with Crippen LogP contribution in [0.1, 0.15) is 12.5 Å². The summed E-state index contributed by atoms with van der Waals surface area (Å²) in [7, 11) is 0. The number of amides is 1. The standard InChI is InChI=1S/C16H17FN2O3/c1-2-21-16(20)19-15-8-7-13(9-14(15)18)22-10-11-3-5-12(17)6-4-11/h3-9H,2,10,18H2,1H3,(H,19,20). The van der Waals surface area contributed by atoms with E-state index in [0.717, 1.165) is 5.56 Å². The maximum atomic E-state index is 12.8. The molecule has 0 heterocycles. The van der Waals surface area contributed by atoms with Crippen molar-refractivity contribution >= 4 is 17.5 Å². The molecule has 0 atom stereocenters. The van der Waals surface area contributed by atoms with Crippen molar-refractivity contribution in [1.29, 1.82) is 0 Å². The minimum Gasteiger partial charge on any atom is -0.489 e. The predicted octanol–water partition coefficient (Wildman–Crippen LogP) is 3.56. The molecule has 116 valence electrons. The van der Waals surface area contributed by atoms with E-state index in [0.29, 0.717) is 23.7 Å². The van der Waals surface area contributed by atoms with Crippen LogP contribution in [0.2, 0.25) is 0 Å². The van der Waals surface area contributed by atoms with E-state index in [1.54, 1.807) is 37.3 Å². The molecule has 0 radical (unpaired) electrons. The number of halogens is 1. The van der Waals surface area contributed by atoms with Gasteiger partial charge in [-0.1, -0.05) is 12.1 Å². The maximum absolute atomic E-state index is 12.8. The summed E-state index contributed by atoms with van der Waals surface area (Å²) in [6.07, 6.45) is -0.561. The largest absolute Gasteiger partial charge is 0.489 e. The molecule has 0 saturated heterocycles. The predicted molar refractivity (Wildman–Crippen MR) is 82.2 cm³/mol. The van der Waals surface area contributed by atoms with Gasteiger partial charge in [-0.25, -0.2) is 9.18 Å². The SMILES string of the molecule is CCOC(=O)Nc1ccc(OCc2ccc(F)cc2)cc1N. The van der Waals surface area contributed by atoms with Gasteiger partial charge in [0.25, 0.3) is 0 Å². The number of anilines is 2. The molecule has 0 spiro atoms. The molecule has 0 fully saturated rings. The fourth-order valence-electron chi connectivity index (χ4n) is 1.77. The Labute approximate surface area is 127 Å². The van der Waals surface area contributed by atoms with Gasteiger partial charge < -0.3 is 15.2 Å². The highest BCUT2D eigenvalue weighted by molar-refractivity contribution is 5.89. The number of rotatable bonds is 5. The molecule has 2 aromatic carbocycles. The van der Waals surface area contributed by atoms with Crippen LogP contribution >= 0.6 is 0 Å². The minimum absolute atomic E-state index is 0.282. The summed E-state index contributed by atoms with van der Waals surface area (Å²) >= 11 is 0. The summed E-state index contributed by atoms with van der Waals surface area (Å²) in [6, 6.07) is 11.0. The fraction of sp³-hybridized carbons (Fsp3) is 0.188. The highest BCUT2D eigenvalue weighted by Gasteiger charge is 2.07. The van der Waals surface area contributed by atoms with E-state index >= 15 is 0 Å². The van der Waals surface area contributed by atoms with Gasteiger partial charge in [0.05, 0.1) is 18.0 Å². The lowest BCUT2D eigenvalue weighted by Crippen LogP contribution is -2.14. The van der Waals surface area contributed by atoms with E-state index in [2.05, 4.69) is 5.32 Å². The highest BCUT2D eigenvalue weighted by atomic mass is 19.1. The smallest absolute Gasteiger partial charge is 0.411 e. The van der Waals surface area contributed by atoms with Gasteiger partial charge in [-0.05, 0) is 36.8 Å². The second-order valence-electron chi connectivity index (χ2n) is 4.51. The van der Waals surface area contributed by atoms with E-state index in [1.807, 2.05) is 0 Å². The van der Waals surface area contributed by atoms with Crippen molar-refractivity contribution in [3.05, 3.63) is 53.8 Å². The van der Waals surface area contributed by atoms with Crippen LogP contribution in [0.3, 0.4) is 0 Å². The van der Waals surface area contributed by atoms with E-state index in [1.165, 1.54) is 12.1 Å². The number of benzene rings is 2. The summed E-state index contributed by atoms with van der Waals surface area (Å²) in [5.41, 5.74) is 7.51. The Kier molecular flexibility index (Phi) is 5.19. The maximum Gasteiger partial charge on any atom is 0.411 e. The molecule has 6 heteroatoms. The Balaban J connectivity index is 1.97. The Morgan fingerprint density at radius 3 is 2.59 bits per heavy atom. The first kappa shape index (κ1) is 15.6. The monoisotopic (exact) mass is 304 g/mol. The third-order valence-electron chi connectivity index (χ3n) is 2.85. The van der Waals surface area contributed by atoms with Crippen molar-refractivity contribution in [3.8, 4) is 5.75 Å². The molecule has 0 aromatic heterocycles. The van der Waals surface area contributed by atoms with Crippen LogP contribution in [-0.2, 0) is 11.3 Å². The van der Waals surface area contributed by atoms with Crippen LogP contribution in [0, 0.1) is 5.82 Å². The van der Waals surface area contributed by atoms with Gasteiger partial charge in [-0.15, -0.1) is 0 Å². The number of hydrogen-bond acceptors (Lipinski definition) is 4. The number of ether oxygens (including phenoxy) is 2. The van der Waals surface area contributed by atoms with Crippen LogP contribution in [0.25, 0.3) is 0 Å². The van der Waals surface area contributed by atoms with Gasteiger partial charge in [0.2, 0.25) is 0 Å². The van der Waals surface area contributed by atoms with Crippen molar-refractivity contribution < 1.29 is 18.7 Å². The molecular formula is C16H17FN2O3. The first-order valence-corrected chi connectivity index (χ1v) is 6.79. The molecule has 0 aliphatic carbocycles. The molecule has 5 nitrogen and oxygen atoms in total. The second kappa shape index (κ2) is 7.31. The Morgan fingerprint density at radius 2 is 1.95 bits per heavy atom. The topological polar surface area (TPSA) is 73.6 Å². The first-order valence-electron chi connectivity index (χ1n) is 6.79. The number of nitrogens with one attached hydrogen (secondary N) is 1. The lowest BCUT2D eigenvalue weighted by Gasteiger charge is -2.11. The fourth-order valence-corrected chi connectivity index (χ4v) is 1.77. The zero-order valence-corrected chi connectivity index (χ0v) is 12.1. The summed E-state index contributed by atoms with van der Waals surface area (Å²) < 4.78 is 23.2. The van der Waals surface area contributed by atoms with E-state index in [-0.39, 0.29) is 12.4 Å². The van der Waals surface area contributed by atoms with E-state index < -0.39 is 6.09 Å². The number of hydrogen-bond donors (Lipinski definition) is 2. The quantitative estimate of drug-likeness (QED) is 0.828. The van der Waals surface area contributed by atoms with Gasteiger partial charge in [0.1, 0.15) is 18.2 Å². The average Bonchev–Trinajstić information content (AvgIpc) is 2.49. The molecule has 0 aliphatic rings. The normalized spacial score (nSPS) is 10.1. The first-order chi connectivity index (χ1) is 10.6. The summed E-state index contributed by atoms with van der Waals surface area (Å²) in [5, 5.41) is 2.53. The van der Waals surface area contributed by atoms with Crippen molar-refractivity contribution in [3.63, 3.8) is 0 Å². The third kappa shape index (κ3) is 4.37. The number of carbonyl (C=O) groups excluding carboxylic acids is 1. The molecule has 0 saturated carbocycles. The number of carbonyl (C=O) groups is 1. The zero-order valence-electron chi connectivity index (χ0n) is 12.1. The number of nitrogens with two attached hydrogens (primary N) is 1. The van der Waals surface area contributed by atoms with E-state index in [9.17, 15) is 9.18 Å². The second-order valence-corrected chi connectivity index (χ2v) is 4.51. The van der Waals surface area contributed by atoms with Crippen molar-refractivity contribution in [2.75, 3.05) is 17.7 Å². The minimum atomic E-state index is -0.561. The van der Waals surface area contributed by atoms with Crippen LogP contribution in [0.15, 0.2) is 42.5 Å². The molecule has 2 aromatic rings. The van der Waals surface area contributed by atoms with Gasteiger partial charge >= 0.3 is 6.09 Å². The van der Waals surface area contributed by atoms with Crippen molar-refractivity contribution in [2.24, 2.45) is 0 Å². The molecule has 3 N–H and O–H groups in total. The lowest BCUT2D eigenvalue weighted by atomic mass is 10.2. The highest BCUT2D eigenvalue weighted by Crippen LogP contribution is 2.25. The Hall–Kier alpha value is -2.76. The number of nitrogen functional groups attached to an aromatic ring is 1. The third-order valence-corrected chi connectivity index (χ3v) is 2.85. The van der Waals surface area contributed by atoms with Crippen molar-refractivity contribution in [1.82, 2.24) is 0 Å². The molecule has 0 unspecified atom stereocenters. The summed E-state index contributed by atoms with van der Waals surface area (Å²) in [4.78, 5) is 11.3. The molecule has 0 aliphatic heterocycles. The van der Waals surface area contributed by atoms with Crippen LogP contribution in [0.5, 0.6) is 5.75 Å². The van der Waals surface area contributed by atoms with Gasteiger partial charge in [-0.3, -0.25) is 5.32 Å². The molecule has 0 bridgehead atoms. The average molecular weight is 304 g/mol. The zero-order chi connectivity index (χ0) is 15.9. The Morgan fingerprint density at radius 1 is 1.23 bits per heavy atom. The van der Waals surface area contributed by atoms with Crippen LogP contribution in [-0.4, -0.2) is 12.7 Å². The summed E-state index contributed by atoms with van der Waals surface area (Å²) in [5.74, 6) is 0.263.